The number of nitriles is 1. The van der Waals surface area contributed by atoms with Crippen LogP contribution >= 0.6 is 22.9 Å². The summed E-state index contributed by atoms with van der Waals surface area (Å²) in [4.78, 5) is 12.3. The number of hydrogen-bond donors (Lipinski definition) is 2. The normalized spacial score (nSPS) is 11.8. The van der Waals surface area contributed by atoms with Gasteiger partial charge in [-0.2, -0.15) is 5.26 Å². The number of hydrogen-bond acceptors (Lipinski definition) is 4. The van der Waals surface area contributed by atoms with E-state index >= 15 is 0 Å². The molecule has 1 aromatic heterocycles. The zero-order valence-electron chi connectivity index (χ0n) is 8.79. The van der Waals surface area contributed by atoms with Crippen molar-refractivity contribution in [2.45, 2.75) is 13.0 Å². The standard InChI is InChI=1S/C10H12ClN3OS/c1-7(8-2-3-9(11)16-8)14-6-10(15)13-5-4-12/h2-3,7,14H,5-6H2,1H3,(H,13,15). The molecule has 0 aliphatic carbocycles. The second-order valence-corrected chi connectivity index (χ2v) is 4.93. The molecule has 0 spiro atoms. The van der Waals surface area contributed by atoms with Crippen LogP contribution < -0.4 is 10.6 Å². The predicted octanol–water partition coefficient (Wildman–Crippen LogP) is 1.69. The van der Waals surface area contributed by atoms with Crippen molar-refractivity contribution in [1.29, 1.82) is 5.26 Å². The van der Waals surface area contributed by atoms with Crippen LogP contribution in [0.25, 0.3) is 0 Å². The van der Waals surface area contributed by atoms with Crippen molar-refractivity contribution in [3.63, 3.8) is 0 Å². The van der Waals surface area contributed by atoms with Crippen LogP contribution in [-0.2, 0) is 4.79 Å². The highest BCUT2D eigenvalue weighted by Gasteiger charge is 2.09. The Labute approximate surface area is 103 Å². The van der Waals surface area contributed by atoms with Crippen molar-refractivity contribution in [2.24, 2.45) is 0 Å². The third-order valence-corrected chi connectivity index (χ3v) is 3.37. The van der Waals surface area contributed by atoms with E-state index < -0.39 is 0 Å². The minimum Gasteiger partial charge on any atom is -0.342 e. The highest BCUT2D eigenvalue weighted by atomic mass is 35.5. The van der Waals surface area contributed by atoms with Crippen molar-refractivity contribution < 1.29 is 4.79 Å². The van der Waals surface area contributed by atoms with Gasteiger partial charge in [0.2, 0.25) is 5.91 Å². The number of carbonyl (C=O) groups excluding carboxylic acids is 1. The maximum Gasteiger partial charge on any atom is 0.234 e. The van der Waals surface area contributed by atoms with Crippen molar-refractivity contribution >= 4 is 28.8 Å². The van der Waals surface area contributed by atoms with E-state index in [-0.39, 0.29) is 25.0 Å². The molecule has 4 nitrogen and oxygen atoms in total. The van der Waals surface area contributed by atoms with Crippen molar-refractivity contribution in [3.05, 3.63) is 21.3 Å². The molecule has 2 N–H and O–H groups in total. The lowest BCUT2D eigenvalue weighted by Crippen LogP contribution is -2.34. The summed E-state index contributed by atoms with van der Waals surface area (Å²) in [5, 5.41) is 13.8. The molecule has 0 fully saturated rings. The van der Waals surface area contributed by atoms with Gasteiger partial charge in [0, 0.05) is 10.9 Å². The molecule has 1 unspecified atom stereocenters. The Balaban J connectivity index is 2.33. The number of thiophene rings is 1. The quantitative estimate of drug-likeness (QED) is 0.789. The van der Waals surface area contributed by atoms with Crippen LogP contribution in [0.15, 0.2) is 12.1 Å². The Morgan fingerprint density at radius 3 is 3.00 bits per heavy atom. The average Bonchev–Trinajstić information content (AvgIpc) is 2.69. The SMILES string of the molecule is CC(NCC(=O)NCC#N)c1ccc(Cl)s1. The third-order valence-electron chi connectivity index (χ3n) is 1.95. The first-order valence-electron chi connectivity index (χ1n) is 4.75. The van der Waals surface area contributed by atoms with E-state index in [0.717, 1.165) is 9.21 Å². The number of halogens is 1. The average molecular weight is 258 g/mol. The van der Waals surface area contributed by atoms with Gasteiger partial charge < -0.3 is 10.6 Å². The van der Waals surface area contributed by atoms with Crippen LogP contribution in [0.1, 0.15) is 17.8 Å². The highest BCUT2D eigenvalue weighted by Crippen LogP contribution is 2.26. The van der Waals surface area contributed by atoms with Gasteiger partial charge in [-0.1, -0.05) is 11.6 Å². The molecule has 1 atom stereocenters. The van der Waals surface area contributed by atoms with Gasteiger partial charge in [-0.15, -0.1) is 11.3 Å². The Morgan fingerprint density at radius 1 is 1.69 bits per heavy atom. The molecule has 0 aliphatic rings. The minimum atomic E-state index is -0.184. The fourth-order valence-corrected chi connectivity index (χ4v) is 2.20. The van der Waals surface area contributed by atoms with Crippen LogP contribution in [0, 0.1) is 11.3 Å². The number of carbonyl (C=O) groups is 1. The first kappa shape index (κ1) is 13.0. The predicted molar refractivity (Wildman–Crippen MR) is 64.4 cm³/mol. The van der Waals surface area contributed by atoms with Crippen LogP contribution in [-0.4, -0.2) is 19.0 Å². The van der Waals surface area contributed by atoms with E-state index in [4.69, 9.17) is 16.9 Å². The second-order valence-electron chi connectivity index (χ2n) is 3.18. The molecule has 1 amide bonds. The Morgan fingerprint density at radius 2 is 2.44 bits per heavy atom. The third kappa shape index (κ3) is 4.19. The first-order chi connectivity index (χ1) is 7.63. The summed E-state index contributed by atoms with van der Waals surface area (Å²) in [5.41, 5.74) is 0. The Bertz CT molecular complexity index is 399. The zero-order chi connectivity index (χ0) is 12.0. The van der Waals surface area contributed by atoms with E-state index in [0.29, 0.717) is 0 Å². The molecule has 0 aromatic carbocycles. The van der Waals surface area contributed by atoms with E-state index in [2.05, 4.69) is 10.6 Å². The molecule has 1 aromatic rings. The maximum atomic E-state index is 11.2. The van der Waals surface area contributed by atoms with Crippen molar-refractivity contribution in [2.75, 3.05) is 13.1 Å². The number of nitrogens with one attached hydrogen (secondary N) is 2. The van der Waals surface area contributed by atoms with Crippen LogP contribution in [0.2, 0.25) is 4.34 Å². The van der Waals surface area contributed by atoms with Gasteiger partial charge in [-0.3, -0.25) is 4.79 Å². The lowest BCUT2D eigenvalue weighted by molar-refractivity contribution is -0.120. The summed E-state index contributed by atoms with van der Waals surface area (Å²) >= 11 is 7.30. The monoisotopic (exact) mass is 257 g/mol. The molecule has 0 aliphatic heterocycles. The van der Waals surface area contributed by atoms with Gasteiger partial charge in [-0.05, 0) is 19.1 Å². The number of amides is 1. The van der Waals surface area contributed by atoms with Gasteiger partial charge in [0.15, 0.2) is 0 Å². The fraction of sp³-hybridized carbons (Fsp3) is 0.400. The van der Waals surface area contributed by atoms with Crippen molar-refractivity contribution in [3.8, 4) is 6.07 Å². The van der Waals surface area contributed by atoms with Crippen LogP contribution in [0.5, 0.6) is 0 Å². The summed E-state index contributed by atoms with van der Waals surface area (Å²) in [5.74, 6) is -0.184. The van der Waals surface area contributed by atoms with E-state index in [9.17, 15) is 4.79 Å². The largest absolute Gasteiger partial charge is 0.342 e. The summed E-state index contributed by atoms with van der Waals surface area (Å²) in [6.45, 7) is 2.19. The summed E-state index contributed by atoms with van der Waals surface area (Å²) < 4.78 is 0.734. The molecular weight excluding hydrogens is 246 g/mol. The zero-order valence-corrected chi connectivity index (χ0v) is 10.4. The molecule has 0 bridgehead atoms. The lowest BCUT2D eigenvalue weighted by Gasteiger charge is -2.11. The first-order valence-corrected chi connectivity index (χ1v) is 5.95. The topological polar surface area (TPSA) is 64.9 Å². The molecule has 86 valence electrons. The maximum absolute atomic E-state index is 11.2. The summed E-state index contributed by atoms with van der Waals surface area (Å²) in [6.07, 6.45) is 0. The highest BCUT2D eigenvalue weighted by molar-refractivity contribution is 7.16. The van der Waals surface area contributed by atoms with E-state index in [1.165, 1.54) is 11.3 Å². The van der Waals surface area contributed by atoms with Gasteiger partial charge in [0.25, 0.3) is 0 Å². The molecule has 1 rings (SSSR count). The molecule has 6 heteroatoms. The molecule has 0 radical (unpaired) electrons. The molecule has 0 saturated carbocycles. The Hall–Kier alpha value is -1.09. The molecule has 1 heterocycles. The van der Waals surface area contributed by atoms with E-state index in [1.54, 1.807) is 0 Å². The molecule has 16 heavy (non-hydrogen) atoms. The van der Waals surface area contributed by atoms with E-state index in [1.807, 2.05) is 25.1 Å². The molecular formula is C10H12ClN3OS. The lowest BCUT2D eigenvalue weighted by atomic mass is 10.3. The van der Waals surface area contributed by atoms with Crippen molar-refractivity contribution in [1.82, 2.24) is 10.6 Å². The summed E-state index contributed by atoms with van der Waals surface area (Å²) in [6, 6.07) is 5.68. The van der Waals surface area contributed by atoms with Crippen LogP contribution in [0.3, 0.4) is 0 Å². The summed E-state index contributed by atoms with van der Waals surface area (Å²) in [7, 11) is 0. The number of rotatable bonds is 5. The Kier molecular flexibility index (Phi) is 5.26. The van der Waals surface area contributed by atoms with Gasteiger partial charge >= 0.3 is 0 Å². The fourth-order valence-electron chi connectivity index (χ4n) is 1.11. The van der Waals surface area contributed by atoms with Gasteiger partial charge in [0.05, 0.1) is 17.0 Å². The second kappa shape index (κ2) is 6.48. The molecule has 0 saturated heterocycles. The smallest absolute Gasteiger partial charge is 0.234 e. The van der Waals surface area contributed by atoms with Crippen LogP contribution in [0.4, 0.5) is 0 Å². The minimum absolute atomic E-state index is 0.0414. The number of nitrogens with zero attached hydrogens (tertiary/aromatic N) is 1. The van der Waals surface area contributed by atoms with Gasteiger partial charge in [0.1, 0.15) is 6.54 Å². The van der Waals surface area contributed by atoms with Gasteiger partial charge in [-0.25, -0.2) is 0 Å².